The minimum absolute atomic E-state index is 0.0189. The topological polar surface area (TPSA) is 116 Å². The first-order valence-electron chi connectivity index (χ1n) is 12.3. The van der Waals surface area contributed by atoms with Gasteiger partial charge in [0.05, 0.1) is 38.2 Å². The summed E-state index contributed by atoms with van der Waals surface area (Å²) in [6.07, 6.45) is -1.17. The molecule has 0 spiro atoms. The van der Waals surface area contributed by atoms with Gasteiger partial charge in [-0.25, -0.2) is 22.9 Å². The third-order valence-corrected chi connectivity index (χ3v) is 7.62. The van der Waals surface area contributed by atoms with Crippen molar-refractivity contribution in [2.75, 3.05) is 26.1 Å². The maximum absolute atomic E-state index is 13.0. The number of nitrogens with zero attached hydrogens (tertiary/aromatic N) is 2. The summed E-state index contributed by atoms with van der Waals surface area (Å²) in [7, 11) is -3.51. The molecule has 4 heterocycles. The molecule has 4 aliphatic rings. The SMILES string of the molecule is C[C@@H]1C[C@H](NS(C)(=O)=O)[C@@H]2COC3CCC(CC3)c3ccc(OC(F)(F)F)c(n3)OCCCOC(=O)N12. The predicted octanol–water partition coefficient (Wildman–Crippen LogP) is 3.32. The van der Waals surface area contributed by atoms with Crippen LogP contribution in [0.4, 0.5) is 18.0 Å². The van der Waals surface area contributed by atoms with Crippen LogP contribution in [0.15, 0.2) is 12.1 Å². The summed E-state index contributed by atoms with van der Waals surface area (Å²) >= 11 is 0. The molecule has 10 nitrogen and oxygen atoms in total. The van der Waals surface area contributed by atoms with Gasteiger partial charge in [0.1, 0.15) is 0 Å². The van der Waals surface area contributed by atoms with E-state index in [2.05, 4.69) is 14.4 Å². The van der Waals surface area contributed by atoms with Crippen molar-refractivity contribution in [1.29, 1.82) is 0 Å². The molecule has 1 aromatic heterocycles. The monoisotopic (exact) mass is 551 g/mol. The molecule has 1 aliphatic carbocycles. The molecule has 1 saturated carbocycles. The molecule has 1 aromatic rings. The molecule has 0 aromatic carbocycles. The van der Waals surface area contributed by atoms with Gasteiger partial charge >= 0.3 is 12.5 Å². The Morgan fingerprint density at radius 2 is 1.84 bits per heavy atom. The zero-order chi connectivity index (χ0) is 26.8. The van der Waals surface area contributed by atoms with Crippen molar-refractivity contribution in [2.24, 2.45) is 0 Å². The third-order valence-electron chi connectivity index (χ3n) is 6.89. The van der Waals surface area contributed by atoms with Crippen LogP contribution in [0, 0.1) is 0 Å². The van der Waals surface area contributed by atoms with Crippen LogP contribution in [0.25, 0.3) is 0 Å². The normalized spacial score (nSPS) is 29.7. The number of carbonyl (C=O) groups is 1. The lowest BCUT2D eigenvalue weighted by Crippen LogP contribution is -2.50. The second-order valence-corrected chi connectivity index (χ2v) is 11.5. The van der Waals surface area contributed by atoms with Crippen LogP contribution >= 0.6 is 0 Å². The molecule has 1 amide bonds. The van der Waals surface area contributed by atoms with Gasteiger partial charge in [-0.3, -0.25) is 4.90 Å². The highest BCUT2D eigenvalue weighted by Crippen LogP contribution is 2.38. The van der Waals surface area contributed by atoms with Crippen molar-refractivity contribution in [3.8, 4) is 11.6 Å². The summed E-state index contributed by atoms with van der Waals surface area (Å²) in [6.45, 7) is 1.86. The van der Waals surface area contributed by atoms with E-state index in [1.165, 1.54) is 17.0 Å². The minimum Gasteiger partial charge on any atom is -0.475 e. The Labute approximate surface area is 213 Å². The van der Waals surface area contributed by atoms with E-state index in [9.17, 15) is 26.4 Å². The number of ether oxygens (including phenoxy) is 4. The van der Waals surface area contributed by atoms with Gasteiger partial charge in [0.2, 0.25) is 10.0 Å². The second-order valence-electron chi connectivity index (χ2n) is 9.77. The maximum Gasteiger partial charge on any atom is 0.573 e. The van der Waals surface area contributed by atoms with E-state index in [-0.39, 0.29) is 50.2 Å². The number of hydrogen-bond acceptors (Lipinski definition) is 8. The third kappa shape index (κ3) is 7.38. The highest BCUT2D eigenvalue weighted by molar-refractivity contribution is 7.88. The Bertz CT molecular complexity index is 1060. The largest absolute Gasteiger partial charge is 0.573 e. The molecule has 1 N–H and O–H groups in total. The molecule has 14 heteroatoms. The molecule has 1 saturated heterocycles. The van der Waals surface area contributed by atoms with E-state index >= 15 is 0 Å². The Kier molecular flexibility index (Phi) is 8.38. The van der Waals surface area contributed by atoms with Gasteiger partial charge in [0.15, 0.2) is 5.75 Å². The molecule has 5 rings (SSSR count). The second kappa shape index (κ2) is 11.2. The van der Waals surface area contributed by atoms with E-state index in [0.29, 0.717) is 37.8 Å². The lowest BCUT2D eigenvalue weighted by molar-refractivity contribution is -0.275. The van der Waals surface area contributed by atoms with Crippen molar-refractivity contribution in [1.82, 2.24) is 14.6 Å². The molecule has 0 radical (unpaired) electrons. The van der Waals surface area contributed by atoms with E-state index in [0.717, 1.165) is 6.26 Å². The number of nitrogens with one attached hydrogen (secondary N) is 1. The van der Waals surface area contributed by atoms with Crippen LogP contribution < -0.4 is 14.2 Å². The smallest absolute Gasteiger partial charge is 0.475 e. The number of rotatable bonds is 3. The number of sulfonamides is 1. The van der Waals surface area contributed by atoms with Gasteiger partial charge in [0.25, 0.3) is 5.88 Å². The Balaban J connectivity index is 1.54. The quantitative estimate of drug-likeness (QED) is 0.608. The molecular weight excluding hydrogens is 519 g/mol. The van der Waals surface area contributed by atoms with Gasteiger partial charge in [-0.2, -0.15) is 0 Å². The molecule has 37 heavy (non-hydrogen) atoms. The van der Waals surface area contributed by atoms with E-state index in [1.54, 1.807) is 0 Å². The van der Waals surface area contributed by atoms with Crippen molar-refractivity contribution < 1.29 is 45.3 Å². The fourth-order valence-electron chi connectivity index (χ4n) is 5.27. The first kappa shape index (κ1) is 27.7. The number of halogens is 3. The summed E-state index contributed by atoms with van der Waals surface area (Å²) < 4.78 is 86.3. The summed E-state index contributed by atoms with van der Waals surface area (Å²) in [5.41, 5.74) is 0.618. The standard InChI is InChI=1S/C23H32F3N3O7S/c1-14-12-18(28-37(2,31)32)19-13-35-16-6-4-15(5-7-16)17-8-9-20(36-23(24,25)26)21(27-17)33-10-3-11-34-22(30)29(14)19/h8-9,14-16,18-19,28H,3-7,10-13H2,1-2H3/t14-,15?,16?,18+,19+/m1/s1. The number of aromatic nitrogens is 1. The summed E-state index contributed by atoms with van der Waals surface area (Å²) in [4.78, 5) is 18.8. The van der Waals surface area contributed by atoms with E-state index in [4.69, 9.17) is 14.2 Å². The molecule has 3 atom stereocenters. The van der Waals surface area contributed by atoms with Crippen LogP contribution in [-0.4, -0.2) is 81.1 Å². The van der Waals surface area contributed by atoms with E-state index < -0.39 is 40.3 Å². The fourth-order valence-corrected chi connectivity index (χ4v) is 6.07. The Morgan fingerprint density at radius 1 is 1.14 bits per heavy atom. The highest BCUT2D eigenvalue weighted by Gasteiger charge is 2.44. The fraction of sp³-hybridized carbons (Fsp3) is 0.739. The van der Waals surface area contributed by atoms with Gasteiger partial charge in [-0.1, -0.05) is 0 Å². The van der Waals surface area contributed by atoms with Gasteiger partial charge in [-0.05, 0) is 51.2 Å². The zero-order valence-corrected chi connectivity index (χ0v) is 21.5. The van der Waals surface area contributed by atoms with Crippen molar-refractivity contribution in [3.63, 3.8) is 0 Å². The van der Waals surface area contributed by atoms with Gasteiger partial charge in [0, 0.05) is 30.1 Å². The lowest BCUT2D eigenvalue weighted by atomic mass is 9.85. The number of fused-ring (bicyclic) bond motifs is 8. The average Bonchev–Trinajstić information content (AvgIpc) is 3.10. The van der Waals surface area contributed by atoms with Crippen LogP contribution in [0.1, 0.15) is 57.1 Å². The Morgan fingerprint density at radius 3 is 2.51 bits per heavy atom. The maximum atomic E-state index is 13.0. The number of alkyl halides is 3. The average molecular weight is 552 g/mol. The van der Waals surface area contributed by atoms with Crippen molar-refractivity contribution in [3.05, 3.63) is 17.8 Å². The molecule has 4 bridgehead atoms. The molecule has 0 unspecified atom stereocenters. The highest BCUT2D eigenvalue weighted by atomic mass is 32.2. The summed E-state index contributed by atoms with van der Waals surface area (Å²) in [5.74, 6) is -0.765. The first-order valence-corrected chi connectivity index (χ1v) is 14.2. The molecule has 208 valence electrons. The van der Waals surface area contributed by atoms with Crippen LogP contribution in [-0.2, 0) is 19.5 Å². The molecular formula is C23H32F3N3O7S. The summed E-state index contributed by atoms with van der Waals surface area (Å²) in [5, 5.41) is 0. The van der Waals surface area contributed by atoms with Crippen molar-refractivity contribution >= 4 is 16.1 Å². The predicted molar refractivity (Wildman–Crippen MR) is 125 cm³/mol. The van der Waals surface area contributed by atoms with E-state index in [1.807, 2.05) is 6.92 Å². The first-order chi connectivity index (χ1) is 17.4. The number of amides is 1. The number of carbonyl (C=O) groups excluding carboxylic acids is 1. The van der Waals surface area contributed by atoms with Crippen LogP contribution in [0.5, 0.6) is 11.6 Å². The van der Waals surface area contributed by atoms with Gasteiger partial charge < -0.3 is 18.9 Å². The molecule has 3 aliphatic heterocycles. The minimum atomic E-state index is -4.89. The number of pyridine rings is 1. The van der Waals surface area contributed by atoms with Crippen LogP contribution in [0.3, 0.4) is 0 Å². The zero-order valence-electron chi connectivity index (χ0n) is 20.7. The van der Waals surface area contributed by atoms with Gasteiger partial charge in [-0.15, -0.1) is 13.2 Å². The van der Waals surface area contributed by atoms with Crippen LogP contribution in [0.2, 0.25) is 0 Å². The molecule has 2 fully saturated rings. The number of hydrogen-bond donors (Lipinski definition) is 1. The lowest BCUT2D eigenvalue weighted by Gasteiger charge is -2.33. The Hall–Kier alpha value is -2.32. The summed E-state index contributed by atoms with van der Waals surface area (Å²) in [6, 6.07) is 1.39. The van der Waals surface area contributed by atoms with Crippen molar-refractivity contribution in [2.45, 2.75) is 82.0 Å².